The van der Waals surface area contributed by atoms with Gasteiger partial charge < -0.3 is 10.1 Å². The first-order valence-corrected chi connectivity index (χ1v) is 11.4. The molecule has 1 amide bonds. The fourth-order valence-corrected chi connectivity index (χ4v) is 4.31. The number of amides is 1. The zero-order valence-electron chi connectivity index (χ0n) is 15.1. The first-order chi connectivity index (χ1) is 13.4. The standard InChI is InChI=1S/C20H18N2O4S2/c1-28(24,25)15-5-2-13(3-6-15)14-4-7-18-16(12-14)17(9-11-26-18)22-20(23)19-8-10-21-27-19/h2-8,10,12,17H,9,11H2,1H3,(H,22,23). The quantitative estimate of drug-likeness (QED) is 0.707. The maximum atomic E-state index is 12.4. The van der Waals surface area contributed by atoms with Gasteiger partial charge in [-0.2, -0.15) is 0 Å². The number of ether oxygens (including phenoxy) is 1. The van der Waals surface area contributed by atoms with Gasteiger partial charge in [0, 0.05) is 24.4 Å². The third kappa shape index (κ3) is 3.79. The lowest BCUT2D eigenvalue weighted by Gasteiger charge is -2.27. The summed E-state index contributed by atoms with van der Waals surface area (Å²) in [5.41, 5.74) is 2.74. The minimum absolute atomic E-state index is 0.150. The van der Waals surface area contributed by atoms with Gasteiger partial charge in [-0.05, 0) is 53.0 Å². The van der Waals surface area contributed by atoms with E-state index < -0.39 is 9.84 Å². The predicted molar refractivity (Wildman–Crippen MR) is 107 cm³/mol. The third-order valence-corrected chi connectivity index (χ3v) is 6.51. The van der Waals surface area contributed by atoms with Crippen LogP contribution in [0.15, 0.2) is 59.6 Å². The van der Waals surface area contributed by atoms with Crippen LogP contribution in [0, 0.1) is 0 Å². The maximum Gasteiger partial charge on any atom is 0.263 e. The van der Waals surface area contributed by atoms with Crippen LogP contribution in [-0.2, 0) is 9.84 Å². The summed E-state index contributed by atoms with van der Waals surface area (Å²) >= 11 is 1.16. The van der Waals surface area contributed by atoms with Crippen molar-refractivity contribution in [3.8, 4) is 16.9 Å². The van der Waals surface area contributed by atoms with Gasteiger partial charge in [0.15, 0.2) is 9.84 Å². The molecule has 0 radical (unpaired) electrons. The molecule has 0 aliphatic carbocycles. The summed E-state index contributed by atoms with van der Waals surface area (Å²) in [5, 5.41) is 3.06. The van der Waals surface area contributed by atoms with Gasteiger partial charge in [0.05, 0.1) is 17.5 Å². The second kappa shape index (κ2) is 7.37. The number of sulfone groups is 1. The summed E-state index contributed by atoms with van der Waals surface area (Å²) in [6, 6.07) is 14.1. The Morgan fingerprint density at radius 2 is 1.89 bits per heavy atom. The lowest BCUT2D eigenvalue weighted by Crippen LogP contribution is -2.31. The van der Waals surface area contributed by atoms with Crippen molar-refractivity contribution in [2.24, 2.45) is 0 Å². The Morgan fingerprint density at radius 3 is 2.57 bits per heavy atom. The molecule has 3 aromatic rings. The van der Waals surface area contributed by atoms with Gasteiger partial charge in [-0.1, -0.05) is 18.2 Å². The third-order valence-electron chi connectivity index (χ3n) is 4.63. The van der Waals surface area contributed by atoms with Crippen LogP contribution in [0.5, 0.6) is 5.75 Å². The van der Waals surface area contributed by atoms with Gasteiger partial charge in [-0.3, -0.25) is 4.79 Å². The first kappa shape index (κ1) is 18.6. The SMILES string of the molecule is CS(=O)(=O)c1ccc(-c2ccc3c(c2)C(NC(=O)c2ccns2)CCO3)cc1. The van der Waals surface area contributed by atoms with Gasteiger partial charge in [-0.25, -0.2) is 12.8 Å². The highest BCUT2D eigenvalue weighted by Gasteiger charge is 2.24. The van der Waals surface area contributed by atoms with Crippen molar-refractivity contribution in [3.63, 3.8) is 0 Å². The highest BCUT2D eigenvalue weighted by molar-refractivity contribution is 7.90. The molecule has 1 aromatic heterocycles. The van der Waals surface area contributed by atoms with Gasteiger partial charge in [0.25, 0.3) is 5.91 Å². The molecule has 2 heterocycles. The molecular weight excluding hydrogens is 396 g/mol. The van der Waals surface area contributed by atoms with Gasteiger partial charge in [-0.15, -0.1) is 0 Å². The Kier molecular flexibility index (Phi) is 4.91. The van der Waals surface area contributed by atoms with Crippen LogP contribution in [-0.4, -0.2) is 31.6 Å². The van der Waals surface area contributed by atoms with E-state index in [1.807, 2.05) is 18.2 Å². The Morgan fingerprint density at radius 1 is 1.14 bits per heavy atom. The summed E-state index contributed by atoms with van der Waals surface area (Å²) in [6.45, 7) is 0.531. The monoisotopic (exact) mass is 414 g/mol. The molecule has 4 rings (SSSR count). The molecule has 1 unspecified atom stereocenters. The number of carbonyl (C=O) groups excluding carboxylic acids is 1. The lowest BCUT2D eigenvalue weighted by atomic mass is 9.95. The van der Waals surface area contributed by atoms with Gasteiger partial charge in [0.2, 0.25) is 0 Å². The van der Waals surface area contributed by atoms with Crippen molar-refractivity contribution in [3.05, 3.63) is 65.2 Å². The topological polar surface area (TPSA) is 85.4 Å². The fourth-order valence-electron chi connectivity index (χ4n) is 3.18. The molecule has 1 N–H and O–H groups in total. The number of hydrogen-bond acceptors (Lipinski definition) is 6. The molecule has 1 aliphatic rings. The number of rotatable bonds is 4. The highest BCUT2D eigenvalue weighted by Crippen LogP contribution is 2.36. The van der Waals surface area contributed by atoms with Crippen LogP contribution >= 0.6 is 11.5 Å². The molecule has 1 aliphatic heterocycles. The number of carbonyl (C=O) groups is 1. The Bertz CT molecular complexity index is 1110. The van der Waals surface area contributed by atoms with Crippen LogP contribution in [0.3, 0.4) is 0 Å². The van der Waals surface area contributed by atoms with E-state index in [9.17, 15) is 13.2 Å². The van der Waals surface area contributed by atoms with E-state index in [0.29, 0.717) is 17.9 Å². The van der Waals surface area contributed by atoms with Crippen molar-refractivity contribution in [1.29, 1.82) is 0 Å². The molecule has 0 fully saturated rings. The average Bonchev–Trinajstić information content (AvgIpc) is 3.22. The first-order valence-electron chi connectivity index (χ1n) is 8.70. The number of aromatic nitrogens is 1. The summed E-state index contributed by atoms with van der Waals surface area (Å²) < 4.78 is 33.0. The van der Waals surface area contributed by atoms with E-state index in [-0.39, 0.29) is 16.8 Å². The van der Waals surface area contributed by atoms with Crippen LogP contribution in [0.2, 0.25) is 0 Å². The van der Waals surface area contributed by atoms with Crippen molar-refractivity contribution >= 4 is 27.3 Å². The molecule has 6 nitrogen and oxygen atoms in total. The van der Waals surface area contributed by atoms with Crippen LogP contribution in [0.4, 0.5) is 0 Å². The van der Waals surface area contributed by atoms with Crippen LogP contribution < -0.4 is 10.1 Å². The van der Waals surface area contributed by atoms with E-state index >= 15 is 0 Å². The minimum atomic E-state index is -3.23. The second-order valence-electron chi connectivity index (χ2n) is 6.59. The summed E-state index contributed by atoms with van der Waals surface area (Å²) in [7, 11) is -3.23. The smallest absolute Gasteiger partial charge is 0.263 e. The molecule has 1 atom stereocenters. The largest absolute Gasteiger partial charge is 0.493 e. The molecule has 0 saturated heterocycles. The molecular formula is C20H18N2O4S2. The molecule has 0 spiro atoms. The molecule has 2 aromatic carbocycles. The minimum Gasteiger partial charge on any atom is -0.493 e. The van der Waals surface area contributed by atoms with Crippen LogP contribution in [0.25, 0.3) is 11.1 Å². The van der Waals surface area contributed by atoms with E-state index in [0.717, 1.165) is 34.0 Å². The normalized spacial score (nSPS) is 16.1. The number of fused-ring (bicyclic) bond motifs is 1. The van der Waals surface area contributed by atoms with Crippen LogP contribution in [0.1, 0.15) is 27.7 Å². The summed E-state index contributed by atoms with van der Waals surface area (Å²) in [4.78, 5) is 13.3. The van der Waals surface area contributed by atoms with Crippen molar-refractivity contribution in [2.45, 2.75) is 17.4 Å². The molecule has 0 bridgehead atoms. The summed E-state index contributed by atoms with van der Waals surface area (Å²) in [5.74, 6) is 0.598. The summed E-state index contributed by atoms with van der Waals surface area (Å²) in [6.07, 6.45) is 3.47. The van der Waals surface area contributed by atoms with E-state index in [4.69, 9.17) is 4.74 Å². The number of hydrogen-bond donors (Lipinski definition) is 1. The predicted octanol–water partition coefficient (Wildman–Crippen LogP) is 3.47. The number of nitrogens with one attached hydrogen (secondary N) is 1. The molecule has 28 heavy (non-hydrogen) atoms. The molecule has 144 valence electrons. The second-order valence-corrected chi connectivity index (χ2v) is 9.44. The van der Waals surface area contributed by atoms with Crippen molar-refractivity contribution in [2.75, 3.05) is 12.9 Å². The van der Waals surface area contributed by atoms with E-state index in [2.05, 4.69) is 9.69 Å². The van der Waals surface area contributed by atoms with E-state index in [1.165, 1.54) is 6.26 Å². The van der Waals surface area contributed by atoms with Crippen molar-refractivity contribution < 1.29 is 17.9 Å². The average molecular weight is 415 g/mol. The van der Waals surface area contributed by atoms with Gasteiger partial charge in [0.1, 0.15) is 10.6 Å². The Balaban J connectivity index is 1.63. The van der Waals surface area contributed by atoms with Gasteiger partial charge >= 0.3 is 0 Å². The molecule has 0 saturated carbocycles. The zero-order chi connectivity index (χ0) is 19.7. The Labute approximate surface area is 167 Å². The fraction of sp³-hybridized carbons (Fsp3) is 0.200. The number of nitrogens with zero attached hydrogens (tertiary/aromatic N) is 1. The van der Waals surface area contributed by atoms with E-state index in [1.54, 1.807) is 36.5 Å². The highest BCUT2D eigenvalue weighted by atomic mass is 32.2. The Hall–Kier alpha value is -2.71. The maximum absolute atomic E-state index is 12.4. The molecule has 8 heteroatoms. The number of benzene rings is 2. The zero-order valence-corrected chi connectivity index (χ0v) is 16.7. The lowest BCUT2D eigenvalue weighted by molar-refractivity contribution is 0.0929. The van der Waals surface area contributed by atoms with Crippen molar-refractivity contribution in [1.82, 2.24) is 9.69 Å².